The van der Waals surface area contributed by atoms with E-state index < -0.39 is 23.3 Å². The highest BCUT2D eigenvalue weighted by Crippen LogP contribution is 2.16. The number of aliphatic hydroxyl groups is 1. The van der Waals surface area contributed by atoms with Gasteiger partial charge < -0.3 is 15.4 Å². The van der Waals surface area contributed by atoms with E-state index in [1.165, 1.54) is 12.3 Å². The highest BCUT2D eigenvalue weighted by molar-refractivity contribution is 5.97. The Morgan fingerprint density at radius 2 is 2.00 bits per heavy atom. The summed E-state index contributed by atoms with van der Waals surface area (Å²) in [7, 11) is 0. The number of fused-ring (bicyclic) bond motifs is 1. The van der Waals surface area contributed by atoms with Crippen LogP contribution in [-0.2, 0) is 0 Å². The van der Waals surface area contributed by atoms with Crippen LogP contribution < -0.4 is 10.7 Å². The zero-order valence-electron chi connectivity index (χ0n) is 14.1. The van der Waals surface area contributed by atoms with Crippen molar-refractivity contribution in [2.45, 2.75) is 39.7 Å². The van der Waals surface area contributed by atoms with E-state index in [1.807, 2.05) is 13.8 Å². The maximum Gasteiger partial charge on any atom is 0.256 e. The average Bonchev–Trinajstić information content (AvgIpc) is 2.54. The molecule has 0 bridgehead atoms. The first-order valence-electron chi connectivity index (χ1n) is 8.16. The van der Waals surface area contributed by atoms with Crippen molar-refractivity contribution in [3.05, 3.63) is 45.5 Å². The van der Waals surface area contributed by atoms with Crippen LogP contribution in [0.5, 0.6) is 0 Å². The summed E-state index contributed by atoms with van der Waals surface area (Å²) < 4.78 is 13.5. The summed E-state index contributed by atoms with van der Waals surface area (Å²) in [5.74, 6) is -1.01. The molecule has 1 atom stereocenters. The molecule has 2 rings (SSSR count). The fraction of sp³-hybridized carbons (Fsp3) is 0.444. The number of carbonyl (C=O) groups is 1. The largest absolute Gasteiger partial charge is 0.391 e. The summed E-state index contributed by atoms with van der Waals surface area (Å²) >= 11 is 0. The van der Waals surface area contributed by atoms with Gasteiger partial charge in [-0.2, -0.15) is 0 Å². The molecule has 0 aliphatic heterocycles. The zero-order valence-corrected chi connectivity index (χ0v) is 14.1. The molecule has 5 nitrogen and oxygen atoms in total. The van der Waals surface area contributed by atoms with Crippen molar-refractivity contribution in [2.24, 2.45) is 5.92 Å². The maximum absolute atomic E-state index is 13.5. The molecule has 1 amide bonds. The third-order valence-electron chi connectivity index (χ3n) is 4.46. The maximum atomic E-state index is 13.5. The Morgan fingerprint density at radius 1 is 1.33 bits per heavy atom. The molecule has 0 spiro atoms. The number of pyridine rings is 1. The lowest BCUT2D eigenvalue weighted by Gasteiger charge is -2.20. The number of hydrogen-bond donors (Lipinski definition) is 3. The first kappa shape index (κ1) is 18.1. The van der Waals surface area contributed by atoms with Crippen LogP contribution in [0.3, 0.4) is 0 Å². The number of rotatable bonds is 6. The fourth-order valence-electron chi connectivity index (χ4n) is 2.93. The molecule has 130 valence electrons. The molecular weight excluding hydrogens is 311 g/mol. The molecule has 3 N–H and O–H groups in total. The van der Waals surface area contributed by atoms with Crippen molar-refractivity contribution in [3.63, 3.8) is 0 Å². The Bertz CT molecular complexity index is 797. The number of carbonyl (C=O) groups excluding carboxylic acids is 1. The normalized spacial score (nSPS) is 12.6. The number of halogens is 1. The van der Waals surface area contributed by atoms with Crippen LogP contribution in [0.4, 0.5) is 4.39 Å². The lowest BCUT2D eigenvalue weighted by atomic mass is 9.96. The van der Waals surface area contributed by atoms with E-state index in [1.54, 1.807) is 6.92 Å². The second-order valence-corrected chi connectivity index (χ2v) is 6.03. The van der Waals surface area contributed by atoms with Gasteiger partial charge in [-0.25, -0.2) is 4.39 Å². The summed E-state index contributed by atoms with van der Waals surface area (Å²) in [5.41, 5.74) is 0.485. The number of nitrogens with one attached hydrogen (secondary N) is 2. The Labute approximate surface area is 139 Å². The van der Waals surface area contributed by atoms with Gasteiger partial charge in [-0.3, -0.25) is 9.59 Å². The molecule has 1 aromatic heterocycles. The minimum atomic E-state index is -0.664. The van der Waals surface area contributed by atoms with Crippen molar-refractivity contribution >= 4 is 16.8 Å². The number of aryl methyl sites for hydroxylation is 1. The quantitative estimate of drug-likeness (QED) is 0.759. The van der Waals surface area contributed by atoms with Gasteiger partial charge in [-0.1, -0.05) is 26.7 Å². The van der Waals surface area contributed by atoms with Crippen molar-refractivity contribution in [1.82, 2.24) is 10.3 Å². The van der Waals surface area contributed by atoms with E-state index in [9.17, 15) is 19.1 Å². The number of hydrogen-bond acceptors (Lipinski definition) is 3. The monoisotopic (exact) mass is 334 g/mol. The number of benzene rings is 1. The molecule has 0 saturated heterocycles. The number of aliphatic hydroxyl groups excluding tert-OH is 1. The smallest absolute Gasteiger partial charge is 0.256 e. The van der Waals surface area contributed by atoms with Crippen LogP contribution in [0.1, 0.15) is 42.6 Å². The van der Waals surface area contributed by atoms with Crippen LogP contribution >= 0.6 is 0 Å². The second-order valence-electron chi connectivity index (χ2n) is 6.03. The van der Waals surface area contributed by atoms with Gasteiger partial charge in [-0.15, -0.1) is 0 Å². The van der Waals surface area contributed by atoms with Gasteiger partial charge in [0, 0.05) is 18.1 Å². The molecule has 0 aliphatic carbocycles. The SMILES string of the molecule is CCC(CC)C(O)CNC(=O)c1c[nH]c2c(C)cc(F)cc2c1=O. The van der Waals surface area contributed by atoms with E-state index in [4.69, 9.17) is 0 Å². The van der Waals surface area contributed by atoms with Crippen molar-refractivity contribution < 1.29 is 14.3 Å². The molecule has 0 radical (unpaired) electrons. The van der Waals surface area contributed by atoms with Gasteiger partial charge in [0.15, 0.2) is 0 Å². The molecule has 1 unspecified atom stereocenters. The van der Waals surface area contributed by atoms with Crippen LogP contribution in [-0.4, -0.2) is 28.6 Å². The Balaban J connectivity index is 2.24. The molecular formula is C18H23FN2O3. The van der Waals surface area contributed by atoms with Crippen molar-refractivity contribution in [1.29, 1.82) is 0 Å². The molecule has 1 aromatic carbocycles. The van der Waals surface area contributed by atoms with E-state index >= 15 is 0 Å². The van der Waals surface area contributed by atoms with Crippen LogP contribution in [0, 0.1) is 18.7 Å². The highest BCUT2D eigenvalue weighted by Gasteiger charge is 2.19. The molecule has 24 heavy (non-hydrogen) atoms. The highest BCUT2D eigenvalue weighted by atomic mass is 19.1. The summed E-state index contributed by atoms with van der Waals surface area (Å²) in [5, 5.41) is 12.8. The zero-order chi connectivity index (χ0) is 17.9. The minimum Gasteiger partial charge on any atom is -0.391 e. The predicted octanol–water partition coefficient (Wildman–Crippen LogP) is 2.50. The van der Waals surface area contributed by atoms with E-state index in [2.05, 4.69) is 10.3 Å². The standard InChI is InChI=1S/C18H23FN2O3/c1-4-11(5-2)15(22)9-21-18(24)14-8-20-16-10(3)6-12(19)7-13(16)17(14)23/h6-8,11,15,22H,4-5,9H2,1-3H3,(H,20,23)(H,21,24). The van der Waals surface area contributed by atoms with Crippen LogP contribution in [0.25, 0.3) is 10.9 Å². The molecule has 2 aromatic rings. The van der Waals surface area contributed by atoms with Gasteiger partial charge in [-0.05, 0) is 30.5 Å². The summed E-state index contributed by atoms with van der Waals surface area (Å²) in [6, 6.07) is 2.45. The first-order valence-corrected chi connectivity index (χ1v) is 8.16. The van der Waals surface area contributed by atoms with Crippen LogP contribution in [0.15, 0.2) is 23.1 Å². The third-order valence-corrected chi connectivity index (χ3v) is 4.46. The Kier molecular flexibility index (Phi) is 5.72. The average molecular weight is 334 g/mol. The third kappa shape index (κ3) is 3.64. The van der Waals surface area contributed by atoms with E-state index in [0.29, 0.717) is 11.1 Å². The predicted molar refractivity (Wildman–Crippen MR) is 91.7 cm³/mol. The number of aromatic nitrogens is 1. The van der Waals surface area contributed by atoms with Gasteiger partial charge in [0.05, 0.1) is 11.6 Å². The summed E-state index contributed by atoms with van der Waals surface area (Å²) in [6.07, 6.45) is 2.28. The molecule has 0 fully saturated rings. The fourth-order valence-corrected chi connectivity index (χ4v) is 2.93. The van der Waals surface area contributed by atoms with E-state index in [-0.39, 0.29) is 23.4 Å². The van der Waals surface area contributed by atoms with Crippen molar-refractivity contribution in [2.75, 3.05) is 6.54 Å². The number of amides is 1. The Morgan fingerprint density at radius 3 is 2.62 bits per heavy atom. The summed E-state index contributed by atoms with van der Waals surface area (Å²) in [4.78, 5) is 27.6. The van der Waals surface area contributed by atoms with Gasteiger partial charge in [0.2, 0.25) is 5.43 Å². The number of H-pyrrole nitrogens is 1. The molecule has 0 saturated carbocycles. The number of aromatic amines is 1. The van der Waals surface area contributed by atoms with Crippen molar-refractivity contribution in [3.8, 4) is 0 Å². The molecule has 6 heteroatoms. The summed E-state index contributed by atoms with van der Waals surface area (Å²) in [6.45, 7) is 5.71. The van der Waals surface area contributed by atoms with Crippen LogP contribution in [0.2, 0.25) is 0 Å². The first-order chi connectivity index (χ1) is 11.4. The minimum absolute atomic E-state index is 0.0742. The second kappa shape index (κ2) is 7.57. The van der Waals surface area contributed by atoms with Gasteiger partial charge in [0.1, 0.15) is 11.4 Å². The van der Waals surface area contributed by atoms with Gasteiger partial charge >= 0.3 is 0 Å². The molecule has 0 aliphatic rings. The van der Waals surface area contributed by atoms with Gasteiger partial charge in [0.25, 0.3) is 5.91 Å². The lowest BCUT2D eigenvalue weighted by Crippen LogP contribution is -2.37. The topological polar surface area (TPSA) is 82.2 Å². The lowest BCUT2D eigenvalue weighted by molar-refractivity contribution is 0.0816. The van der Waals surface area contributed by atoms with E-state index in [0.717, 1.165) is 18.9 Å². The molecule has 1 heterocycles. The Hall–Kier alpha value is -2.21.